The number of rotatable bonds is 3. The van der Waals surface area contributed by atoms with Crippen LogP contribution in [0.25, 0.3) is 6.08 Å². The summed E-state index contributed by atoms with van der Waals surface area (Å²) in [5, 5.41) is 5.79. The van der Waals surface area contributed by atoms with Crippen LogP contribution in [0.15, 0.2) is 83.5 Å². The summed E-state index contributed by atoms with van der Waals surface area (Å²) in [6.45, 7) is 1.85. The molecule has 1 aliphatic rings. The van der Waals surface area contributed by atoms with Gasteiger partial charge in [-0.25, -0.2) is 0 Å². The van der Waals surface area contributed by atoms with Crippen LogP contribution in [0.5, 0.6) is 0 Å². The van der Waals surface area contributed by atoms with Crippen LogP contribution in [0.4, 0.5) is 5.69 Å². The second-order valence-electron chi connectivity index (χ2n) is 4.99. The summed E-state index contributed by atoms with van der Waals surface area (Å²) in [5.41, 5.74) is 3.23. The number of anilines is 1. The van der Waals surface area contributed by atoms with Crippen LogP contribution in [0.2, 0.25) is 0 Å². The minimum atomic E-state index is -0.0959. The maximum absolute atomic E-state index is 12.5. The molecule has 0 bridgehead atoms. The van der Waals surface area contributed by atoms with E-state index in [0.717, 1.165) is 17.0 Å². The molecule has 0 aromatic heterocycles. The number of hydrazone groups is 1. The lowest BCUT2D eigenvalue weighted by Crippen LogP contribution is -2.21. The van der Waals surface area contributed by atoms with E-state index >= 15 is 0 Å². The van der Waals surface area contributed by atoms with Crippen molar-refractivity contribution in [1.29, 1.82) is 0 Å². The Morgan fingerprint density at radius 1 is 0.955 bits per heavy atom. The molecule has 1 amide bonds. The van der Waals surface area contributed by atoms with Gasteiger partial charge < -0.3 is 0 Å². The molecule has 0 fully saturated rings. The molecule has 1 heterocycles. The Morgan fingerprint density at radius 2 is 1.59 bits per heavy atom. The van der Waals surface area contributed by atoms with Crippen LogP contribution >= 0.6 is 0 Å². The highest BCUT2D eigenvalue weighted by molar-refractivity contribution is 6.29. The van der Waals surface area contributed by atoms with Crippen molar-refractivity contribution in [3.8, 4) is 0 Å². The van der Waals surface area contributed by atoms with Crippen LogP contribution in [0.1, 0.15) is 12.5 Å². The lowest BCUT2D eigenvalue weighted by molar-refractivity contribution is -0.114. The molecule has 0 spiro atoms. The number of benzene rings is 2. The van der Waals surface area contributed by atoms with Crippen LogP contribution in [-0.4, -0.2) is 11.6 Å². The lowest BCUT2D eigenvalue weighted by Gasteiger charge is -2.10. The van der Waals surface area contributed by atoms with Crippen molar-refractivity contribution in [2.24, 2.45) is 5.10 Å². The molecule has 0 atom stereocenters. The second kappa shape index (κ2) is 6.22. The number of carbonyl (C=O) groups is 1. The zero-order valence-corrected chi connectivity index (χ0v) is 12.3. The summed E-state index contributed by atoms with van der Waals surface area (Å²) >= 11 is 0. The number of para-hydroxylation sites is 1. The third-order valence-electron chi connectivity index (χ3n) is 3.41. The summed E-state index contributed by atoms with van der Waals surface area (Å²) in [4.78, 5) is 12.5. The Kier molecular flexibility index (Phi) is 3.97. The first-order valence-electron chi connectivity index (χ1n) is 7.14. The minimum Gasteiger partial charge on any atom is -0.267 e. The molecule has 2 aromatic rings. The Hall–Kier alpha value is -2.94. The molecular weight excluding hydrogens is 272 g/mol. The van der Waals surface area contributed by atoms with Gasteiger partial charge >= 0.3 is 0 Å². The molecule has 2 aromatic carbocycles. The van der Waals surface area contributed by atoms with Crippen molar-refractivity contribution >= 4 is 23.4 Å². The highest BCUT2D eigenvalue weighted by Crippen LogP contribution is 2.23. The topological polar surface area (TPSA) is 32.7 Å². The number of nitrogens with zero attached hydrogens (tertiary/aromatic N) is 2. The van der Waals surface area contributed by atoms with E-state index in [2.05, 4.69) is 5.10 Å². The summed E-state index contributed by atoms with van der Waals surface area (Å²) in [5.74, 6) is -0.0959. The fraction of sp³-hybridized carbons (Fsp3) is 0.0526. The van der Waals surface area contributed by atoms with Gasteiger partial charge in [0.05, 0.1) is 17.0 Å². The lowest BCUT2D eigenvalue weighted by atomic mass is 10.1. The molecule has 3 nitrogen and oxygen atoms in total. The van der Waals surface area contributed by atoms with E-state index in [9.17, 15) is 4.79 Å². The van der Waals surface area contributed by atoms with Crippen molar-refractivity contribution in [1.82, 2.24) is 0 Å². The zero-order valence-electron chi connectivity index (χ0n) is 12.3. The number of amides is 1. The van der Waals surface area contributed by atoms with E-state index in [-0.39, 0.29) is 5.91 Å². The van der Waals surface area contributed by atoms with Crippen LogP contribution in [0.3, 0.4) is 0 Å². The Labute approximate surface area is 129 Å². The zero-order chi connectivity index (χ0) is 15.4. The highest BCUT2D eigenvalue weighted by Gasteiger charge is 2.27. The predicted octanol–water partition coefficient (Wildman–Crippen LogP) is 4.05. The molecule has 0 unspecified atom stereocenters. The van der Waals surface area contributed by atoms with Crippen molar-refractivity contribution in [3.63, 3.8) is 0 Å². The summed E-state index contributed by atoms with van der Waals surface area (Å²) in [7, 11) is 0. The van der Waals surface area contributed by atoms with E-state index < -0.39 is 0 Å². The number of hydrogen-bond donors (Lipinski definition) is 0. The van der Waals surface area contributed by atoms with Gasteiger partial charge in [-0.15, -0.1) is 0 Å². The third-order valence-corrected chi connectivity index (χ3v) is 3.41. The maximum atomic E-state index is 12.5. The van der Waals surface area contributed by atoms with Gasteiger partial charge in [-0.1, -0.05) is 60.7 Å². The molecule has 22 heavy (non-hydrogen) atoms. The summed E-state index contributed by atoms with van der Waals surface area (Å²) in [6, 6.07) is 19.4. The van der Waals surface area contributed by atoms with Crippen molar-refractivity contribution in [2.45, 2.75) is 6.92 Å². The van der Waals surface area contributed by atoms with Gasteiger partial charge in [0.1, 0.15) is 0 Å². The van der Waals surface area contributed by atoms with Gasteiger partial charge in [0, 0.05) is 0 Å². The van der Waals surface area contributed by atoms with E-state index in [1.807, 2.05) is 85.8 Å². The van der Waals surface area contributed by atoms with Crippen LogP contribution in [-0.2, 0) is 4.79 Å². The Morgan fingerprint density at radius 3 is 2.27 bits per heavy atom. The van der Waals surface area contributed by atoms with Gasteiger partial charge in [0.25, 0.3) is 5.91 Å². The number of allylic oxidation sites excluding steroid dienone is 2. The number of carbonyl (C=O) groups excluding carboxylic acids is 1. The van der Waals surface area contributed by atoms with Crippen LogP contribution < -0.4 is 5.01 Å². The first-order valence-corrected chi connectivity index (χ1v) is 7.14. The first kappa shape index (κ1) is 14.0. The molecule has 0 radical (unpaired) electrons. The average molecular weight is 288 g/mol. The monoisotopic (exact) mass is 288 g/mol. The molecule has 108 valence electrons. The van der Waals surface area contributed by atoms with Crippen molar-refractivity contribution in [2.75, 3.05) is 5.01 Å². The predicted molar refractivity (Wildman–Crippen MR) is 90.6 cm³/mol. The quantitative estimate of drug-likeness (QED) is 0.784. The molecule has 0 saturated carbocycles. The fourth-order valence-electron chi connectivity index (χ4n) is 2.27. The molecule has 0 saturated heterocycles. The maximum Gasteiger partial charge on any atom is 0.280 e. The summed E-state index contributed by atoms with van der Waals surface area (Å²) < 4.78 is 0. The molecule has 1 aliphatic heterocycles. The standard InChI is InChI=1S/C19H16N2O/c1-15-18(14-8-11-16-9-4-2-5-10-16)19(22)21(20-15)17-12-6-3-7-13-17/h2-14H,1H3/b11-8+,18-14?. The fourth-order valence-corrected chi connectivity index (χ4v) is 2.27. The molecule has 3 heteroatoms. The van der Waals surface area contributed by atoms with Gasteiger partial charge in [0.2, 0.25) is 0 Å². The first-order chi connectivity index (χ1) is 10.8. The molecule has 3 rings (SSSR count). The Bertz CT molecular complexity index is 759. The van der Waals surface area contributed by atoms with Gasteiger partial charge in [-0.3, -0.25) is 4.79 Å². The average Bonchev–Trinajstić information content (AvgIpc) is 2.85. The van der Waals surface area contributed by atoms with Crippen molar-refractivity contribution < 1.29 is 4.79 Å². The smallest absolute Gasteiger partial charge is 0.267 e. The number of hydrogen-bond acceptors (Lipinski definition) is 2. The normalized spacial score (nSPS) is 16.6. The van der Waals surface area contributed by atoms with Crippen LogP contribution in [0, 0.1) is 0 Å². The highest BCUT2D eigenvalue weighted by atomic mass is 16.2. The molecule has 0 N–H and O–H groups in total. The third kappa shape index (κ3) is 2.88. The van der Waals surface area contributed by atoms with E-state index in [4.69, 9.17) is 0 Å². The van der Waals surface area contributed by atoms with Gasteiger partial charge in [-0.2, -0.15) is 10.1 Å². The van der Waals surface area contributed by atoms with E-state index in [1.165, 1.54) is 5.01 Å². The molecular formula is C19H16N2O. The second-order valence-corrected chi connectivity index (χ2v) is 4.99. The largest absolute Gasteiger partial charge is 0.280 e. The van der Waals surface area contributed by atoms with Gasteiger partial charge in [-0.05, 0) is 30.7 Å². The van der Waals surface area contributed by atoms with Gasteiger partial charge in [0.15, 0.2) is 0 Å². The SMILES string of the molecule is CC1=NN(c2ccccc2)C(=O)C1=C/C=C/c1ccccc1. The molecule has 0 aliphatic carbocycles. The minimum absolute atomic E-state index is 0.0959. The summed E-state index contributed by atoms with van der Waals surface area (Å²) in [6.07, 6.45) is 5.67. The van der Waals surface area contributed by atoms with Crippen molar-refractivity contribution in [3.05, 3.63) is 84.0 Å². The van der Waals surface area contributed by atoms with E-state index in [1.54, 1.807) is 0 Å². The van der Waals surface area contributed by atoms with E-state index in [0.29, 0.717) is 5.57 Å². The Balaban J connectivity index is 1.81.